The minimum Gasteiger partial charge on any atom is -0.461 e. The number of esters is 1. The predicted octanol–water partition coefficient (Wildman–Crippen LogP) is 4.58. The summed E-state index contributed by atoms with van der Waals surface area (Å²) in [4.78, 5) is 13.2. The van der Waals surface area contributed by atoms with Gasteiger partial charge in [-0.05, 0) is 67.8 Å². The van der Waals surface area contributed by atoms with Crippen molar-refractivity contribution in [1.82, 2.24) is 9.78 Å². The standard InChI is InChI=1S/C19H17FN2O2S/c1-3-24-19(23)17-12-18(13-4-6-14(20)7-5-13)22(21-17)15-8-10-16(25-2)11-9-15/h4-12H,3H2,1-2H3. The molecule has 1 heterocycles. The van der Waals surface area contributed by atoms with Gasteiger partial charge in [-0.25, -0.2) is 13.9 Å². The van der Waals surface area contributed by atoms with E-state index in [1.165, 1.54) is 12.1 Å². The van der Waals surface area contributed by atoms with Crippen LogP contribution in [0.4, 0.5) is 4.39 Å². The molecule has 0 fully saturated rings. The maximum absolute atomic E-state index is 13.2. The summed E-state index contributed by atoms with van der Waals surface area (Å²) in [5.41, 5.74) is 2.49. The van der Waals surface area contributed by atoms with Crippen LogP contribution in [-0.4, -0.2) is 28.6 Å². The lowest BCUT2D eigenvalue weighted by atomic mass is 10.1. The number of aromatic nitrogens is 2. The second-order valence-corrected chi connectivity index (χ2v) is 6.13. The van der Waals surface area contributed by atoms with Crippen molar-refractivity contribution in [1.29, 1.82) is 0 Å². The van der Waals surface area contributed by atoms with E-state index in [2.05, 4.69) is 5.10 Å². The largest absolute Gasteiger partial charge is 0.461 e. The van der Waals surface area contributed by atoms with Gasteiger partial charge in [0.2, 0.25) is 0 Å². The fraction of sp³-hybridized carbons (Fsp3) is 0.158. The topological polar surface area (TPSA) is 44.1 Å². The number of rotatable bonds is 5. The zero-order chi connectivity index (χ0) is 17.8. The number of benzene rings is 2. The summed E-state index contributed by atoms with van der Waals surface area (Å²) >= 11 is 1.65. The molecule has 3 aromatic rings. The zero-order valence-electron chi connectivity index (χ0n) is 13.9. The first-order valence-electron chi connectivity index (χ1n) is 7.80. The minimum atomic E-state index is -0.481. The van der Waals surface area contributed by atoms with E-state index >= 15 is 0 Å². The molecule has 0 atom stereocenters. The third-order valence-corrected chi connectivity index (χ3v) is 4.39. The number of hydrogen-bond acceptors (Lipinski definition) is 4. The molecule has 2 aromatic carbocycles. The molecule has 4 nitrogen and oxygen atoms in total. The summed E-state index contributed by atoms with van der Waals surface area (Å²) in [7, 11) is 0. The molecule has 0 N–H and O–H groups in total. The summed E-state index contributed by atoms with van der Waals surface area (Å²) in [5, 5.41) is 4.39. The summed E-state index contributed by atoms with van der Waals surface area (Å²) in [6, 6.07) is 15.6. The number of thioether (sulfide) groups is 1. The molecule has 3 rings (SSSR count). The van der Waals surface area contributed by atoms with Crippen molar-refractivity contribution in [2.45, 2.75) is 11.8 Å². The highest BCUT2D eigenvalue weighted by Gasteiger charge is 2.17. The molecule has 1 aromatic heterocycles. The van der Waals surface area contributed by atoms with E-state index in [1.54, 1.807) is 41.6 Å². The summed E-state index contributed by atoms with van der Waals surface area (Å²) in [6.07, 6.45) is 2.01. The Morgan fingerprint density at radius 2 is 1.84 bits per heavy atom. The normalized spacial score (nSPS) is 10.7. The summed E-state index contributed by atoms with van der Waals surface area (Å²) in [5.74, 6) is -0.796. The van der Waals surface area contributed by atoms with Crippen LogP contribution in [0.1, 0.15) is 17.4 Å². The second kappa shape index (κ2) is 7.53. The highest BCUT2D eigenvalue weighted by Crippen LogP contribution is 2.26. The van der Waals surface area contributed by atoms with E-state index in [0.29, 0.717) is 5.69 Å². The van der Waals surface area contributed by atoms with Crippen LogP contribution in [0.25, 0.3) is 16.9 Å². The van der Waals surface area contributed by atoms with Crippen molar-refractivity contribution in [2.75, 3.05) is 12.9 Å². The van der Waals surface area contributed by atoms with Gasteiger partial charge in [0.25, 0.3) is 0 Å². The van der Waals surface area contributed by atoms with Gasteiger partial charge in [-0.2, -0.15) is 5.10 Å². The Labute approximate surface area is 149 Å². The molecule has 0 bridgehead atoms. The maximum Gasteiger partial charge on any atom is 0.358 e. The number of hydrogen-bond donors (Lipinski definition) is 0. The van der Waals surface area contributed by atoms with Gasteiger partial charge in [0.1, 0.15) is 5.82 Å². The van der Waals surface area contributed by atoms with E-state index in [-0.39, 0.29) is 18.1 Å². The molecule has 0 radical (unpaired) electrons. The third kappa shape index (κ3) is 3.74. The molecule has 0 unspecified atom stereocenters. The molecule has 0 spiro atoms. The van der Waals surface area contributed by atoms with Gasteiger partial charge in [0, 0.05) is 10.5 Å². The van der Waals surface area contributed by atoms with Crippen molar-refractivity contribution in [3.8, 4) is 16.9 Å². The SMILES string of the molecule is CCOC(=O)c1cc(-c2ccc(F)cc2)n(-c2ccc(SC)cc2)n1. The van der Waals surface area contributed by atoms with Crippen LogP contribution in [-0.2, 0) is 4.74 Å². The quantitative estimate of drug-likeness (QED) is 0.496. The van der Waals surface area contributed by atoms with Crippen LogP contribution < -0.4 is 0 Å². The first-order chi connectivity index (χ1) is 12.1. The molecule has 0 saturated heterocycles. The van der Waals surface area contributed by atoms with Crippen molar-refractivity contribution in [2.24, 2.45) is 0 Å². The Morgan fingerprint density at radius 3 is 2.44 bits per heavy atom. The monoisotopic (exact) mass is 356 g/mol. The van der Waals surface area contributed by atoms with Crippen molar-refractivity contribution >= 4 is 17.7 Å². The van der Waals surface area contributed by atoms with Gasteiger partial charge in [-0.3, -0.25) is 0 Å². The Kier molecular flexibility index (Phi) is 5.19. The van der Waals surface area contributed by atoms with Crippen LogP contribution in [0.5, 0.6) is 0 Å². The van der Waals surface area contributed by atoms with Crippen LogP contribution in [0.15, 0.2) is 59.5 Å². The van der Waals surface area contributed by atoms with E-state index in [0.717, 1.165) is 16.1 Å². The average molecular weight is 356 g/mol. The number of nitrogens with zero attached hydrogens (tertiary/aromatic N) is 2. The molecular weight excluding hydrogens is 339 g/mol. The lowest BCUT2D eigenvalue weighted by Gasteiger charge is -2.08. The Balaban J connectivity index is 2.10. The van der Waals surface area contributed by atoms with Gasteiger partial charge in [0.15, 0.2) is 5.69 Å². The lowest BCUT2D eigenvalue weighted by molar-refractivity contribution is 0.0519. The lowest BCUT2D eigenvalue weighted by Crippen LogP contribution is -2.06. The summed E-state index contributed by atoms with van der Waals surface area (Å²) < 4.78 is 20.0. The third-order valence-electron chi connectivity index (χ3n) is 3.65. The first-order valence-corrected chi connectivity index (χ1v) is 9.02. The van der Waals surface area contributed by atoms with Gasteiger partial charge in [0.05, 0.1) is 18.0 Å². The molecule has 0 saturated carbocycles. The van der Waals surface area contributed by atoms with E-state index in [1.807, 2.05) is 30.5 Å². The van der Waals surface area contributed by atoms with Crippen LogP contribution in [0.2, 0.25) is 0 Å². The molecule has 0 aliphatic heterocycles. The number of carbonyl (C=O) groups is 1. The minimum absolute atomic E-state index is 0.218. The van der Waals surface area contributed by atoms with Gasteiger partial charge < -0.3 is 4.74 Å². The molecular formula is C19H17FN2O2S. The van der Waals surface area contributed by atoms with Crippen LogP contribution in [0.3, 0.4) is 0 Å². The Morgan fingerprint density at radius 1 is 1.16 bits per heavy atom. The highest BCUT2D eigenvalue weighted by molar-refractivity contribution is 7.98. The highest BCUT2D eigenvalue weighted by atomic mass is 32.2. The van der Waals surface area contributed by atoms with E-state index in [4.69, 9.17) is 4.74 Å². The van der Waals surface area contributed by atoms with Crippen molar-refractivity contribution in [3.63, 3.8) is 0 Å². The van der Waals surface area contributed by atoms with E-state index in [9.17, 15) is 9.18 Å². The molecule has 0 aliphatic carbocycles. The molecule has 6 heteroatoms. The fourth-order valence-electron chi connectivity index (χ4n) is 2.43. The molecule has 128 valence electrons. The Hall–Kier alpha value is -2.60. The van der Waals surface area contributed by atoms with E-state index < -0.39 is 5.97 Å². The smallest absolute Gasteiger partial charge is 0.358 e. The fourth-order valence-corrected chi connectivity index (χ4v) is 2.84. The number of ether oxygens (including phenoxy) is 1. The van der Waals surface area contributed by atoms with Crippen LogP contribution in [0, 0.1) is 5.82 Å². The predicted molar refractivity (Wildman–Crippen MR) is 96.7 cm³/mol. The first kappa shape index (κ1) is 17.2. The Bertz CT molecular complexity index is 873. The maximum atomic E-state index is 13.2. The zero-order valence-corrected chi connectivity index (χ0v) is 14.7. The van der Waals surface area contributed by atoms with Gasteiger partial charge in [-0.15, -0.1) is 11.8 Å². The number of carbonyl (C=O) groups excluding carboxylic acids is 1. The van der Waals surface area contributed by atoms with Crippen molar-refractivity contribution < 1.29 is 13.9 Å². The average Bonchev–Trinajstić information content (AvgIpc) is 3.08. The van der Waals surface area contributed by atoms with Crippen molar-refractivity contribution in [3.05, 3.63) is 66.1 Å². The van der Waals surface area contributed by atoms with Crippen LogP contribution >= 0.6 is 11.8 Å². The molecule has 25 heavy (non-hydrogen) atoms. The van der Waals surface area contributed by atoms with Gasteiger partial charge >= 0.3 is 5.97 Å². The molecule has 0 amide bonds. The second-order valence-electron chi connectivity index (χ2n) is 5.25. The molecule has 0 aliphatic rings. The van der Waals surface area contributed by atoms with Gasteiger partial charge in [-0.1, -0.05) is 0 Å². The number of halogens is 1. The summed E-state index contributed by atoms with van der Waals surface area (Å²) in [6.45, 7) is 2.02.